The van der Waals surface area contributed by atoms with Crippen LogP contribution in [-0.2, 0) is 0 Å². The molecular formula is C21H13ClF2N2S. The highest BCUT2D eigenvalue weighted by Gasteiger charge is 2.16. The lowest BCUT2D eigenvalue weighted by molar-refractivity contribution is 0.509. The van der Waals surface area contributed by atoms with Gasteiger partial charge in [-0.1, -0.05) is 53.3 Å². The number of rotatable bonds is 4. The second-order valence-electron chi connectivity index (χ2n) is 5.82. The Morgan fingerprint density at radius 3 is 2.26 bits per heavy atom. The third-order valence-corrected chi connectivity index (χ3v) is 5.22. The molecule has 0 bridgehead atoms. The molecule has 4 aromatic rings. The third-order valence-electron chi connectivity index (χ3n) is 3.95. The summed E-state index contributed by atoms with van der Waals surface area (Å²) >= 11 is 7.37. The Kier molecular flexibility index (Phi) is 4.88. The molecule has 6 heteroatoms. The molecule has 0 saturated carbocycles. The molecule has 1 N–H and O–H groups in total. The summed E-state index contributed by atoms with van der Waals surface area (Å²) in [5, 5.41) is 4.53. The molecule has 1 heterocycles. The quantitative estimate of drug-likeness (QED) is 0.394. The molecule has 0 fully saturated rings. The SMILES string of the molecule is Fc1ccc(-c2nc(Nc3ccc(Cl)cc3)sc2-c2ccccc2)cc1F. The van der Waals surface area contributed by atoms with E-state index in [2.05, 4.69) is 10.3 Å². The number of hydrogen-bond donors (Lipinski definition) is 1. The highest BCUT2D eigenvalue weighted by atomic mass is 35.5. The van der Waals surface area contributed by atoms with Crippen molar-refractivity contribution in [2.75, 3.05) is 5.32 Å². The van der Waals surface area contributed by atoms with Crippen molar-refractivity contribution in [3.63, 3.8) is 0 Å². The zero-order chi connectivity index (χ0) is 18.8. The number of hydrogen-bond acceptors (Lipinski definition) is 3. The van der Waals surface area contributed by atoms with E-state index in [1.807, 2.05) is 42.5 Å². The van der Waals surface area contributed by atoms with Crippen LogP contribution in [-0.4, -0.2) is 4.98 Å². The molecule has 0 saturated heterocycles. The third kappa shape index (κ3) is 3.84. The van der Waals surface area contributed by atoms with Gasteiger partial charge in [-0.3, -0.25) is 0 Å². The van der Waals surface area contributed by atoms with Gasteiger partial charge in [-0.25, -0.2) is 13.8 Å². The maximum absolute atomic E-state index is 13.8. The van der Waals surface area contributed by atoms with E-state index in [9.17, 15) is 8.78 Å². The second kappa shape index (κ2) is 7.47. The lowest BCUT2D eigenvalue weighted by Crippen LogP contribution is -1.90. The van der Waals surface area contributed by atoms with Gasteiger partial charge in [0.2, 0.25) is 0 Å². The number of anilines is 2. The van der Waals surface area contributed by atoms with Crippen molar-refractivity contribution in [3.05, 3.63) is 89.5 Å². The Morgan fingerprint density at radius 1 is 0.815 bits per heavy atom. The molecule has 27 heavy (non-hydrogen) atoms. The molecule has 3 aromatic carbocycles. The van der Waals surface area contributed by atoms with Gasteiger partial charge in [0, 0.05) is 16.3 Å². The number of thiazole rings is 1. The molecule has 134 valence electrons. The number of aromatic nitrogens is 1. The van der Waals surface area contributed by atoms with Gasteiger partial charge in [0.05, 0.1) is 10.6 Å². The Balaban J connectivity index is 1.79. The van der Waals surface area contributed by atoms with Gasteiger partial charge in [-0.2, -0.15) is 0 Å². The minimum absolute atomic E-state index is 0.521. The average molecular weight is 399 g/mol. The first-order chi connectivity index (χ1) is 13.1. The molecule has 2 nitrogen and oxygen atoms in total. The van der Waals surface area contributed by atoms with Gasteiger partial charge >= 0.3 is 0 Å². The fourth-order valence-electron chi connectivity index (χ4n) is 2.65. The van der Waals surface area contributed by atoms with Crippen LogP contribution in [0.2, 0.25) is 5.02 Å². The van der Waals surface area contributed by atoms with Crippen LogP contribution in [0.1, 0.15) is 0 Å². The number of benzene rings is 3. The van der Waals surface area contributed by atoms with Crippen LogP contribution >= 0.6 is 22.9 Å². The average Bonchev–Trinajstić information content (AvgIpc) is 3.10. The van der Waals surface area contributed by atoms with Crippen LogP contribution in [0.4, 0.5) is 19.6 Å². The van der Waals surface area contributed by atoms with Crippen molar-refractivity contribution in [2.45, 2.75) is 0 Å². The Bertz CT molecular complexity index is 1080. The van der Waals surface area contributed by atoms with Gasteiger partial charge in [0.1, 0.15) is 0 Å². The van der Waals surface area contributed by atoms with E-state index >= 15 is 0 Å². The van der Waals surface area contributed by atoms with Crippen LogP contribution in [0.5, 0.6) is 0 Å². The molecule has 0 spiro atoms. The maximum Gasteiger partial charge on any atom is 0.188 e. The first kappa shape index (κ1) is 17.6. The van der Waals surface area contributed by atoms with E-state index in [1.54, 1.807) is 12.1 Å². The summed E-state index contributed by atoms with van der Waals surface area (Å²) in [6.45, 7) is 0. The number of halogens is 3. The van der Waals surface area contributed by atoms with Crippen LogP contribution in [0.25, 0.3) is 21.7 Å². The maximum atomic E-state index is 13.8. The van der Waals surface area contributed by atoms with Crippen LogP contribution in [0.3, 0.4) is 0 Å². The minimum Gasteiger partial charge on any atom is -0.332 e. The molecule has 0 atom stereocenters. The molecule has 1 aromatic heterocycles. The summed E-state index contributed by atoms with van der Waals surface area (Å²) in [6, 6.07) is 20.8. The molecular weight excluding hydrogens is 386 g/mol. The fraction of sp³-hybridized carbons (Fsp3) is 0. The zero-order valence-electron chi connectivity index (χ0n) is 13.9. The van der Waals surface area contributed by atoms with Gasteiger partial charge in [-0.05, 0) is 48.0 Å². The fourth-order valence-corrected chi connectivity index (χ4v) is 3.79. The number of nitrogens with zero attached hydrogens (tertiary/aromatic N) is 1. The first-order valence-electron chi connectivity index (χ1n) is 8.14. The summed E-state index contributed by atoms with van der Waals surface area (Å²) in [6.07, 6.45) is 0. The largest absolute Gasteiger partial charge is 0.332 e. The summed E-state index contributed by atoms with van der Waals surface area (Å²) < 4.78 is 27.1. The van der Waals surface area contributed by atoms with E-state index in [4.69, 9.17) is 11.6 Å². The van der Waals surface area contributed by atoms with Crippen LogP contribution < -0.4 is 5.32 Å². The van der Waals surface area contributed by atoms with Gasteiger partial charge in [0.25, 0.3) is 0 Å². The summed E-state index contributed by atoms with van der Waals surface area (Å²) in [4.78, 5) is 5.50. The lowest BCUT2D eigenvalue weighted by atomic mass is 10.1. The van der Waals surface area contributed by atoms with Gasteiger partial charge < -0.3 is 5.32 Å². The van der Waals surface area contributed by atoms with E-state index < -0.39 is 11.6 Å². The van der Waals surface area contributed by atoms with Crippen LogP contribution in [0, 0.1) is 11.6 Å². The monoisotopic (exact) mass is 398 g/mol. The van der Waals surface area contributed by atoms with Crippen molar-refractivity contribution in [2.24, 2.45) is 0 Å². The second-order valence-corrected chi connectivity index (χ2v) is 7.26. The summed E-state index contributed by atoms with van der Waals surface area (Å²) in [7, 11) is 0. The molecule has 0 unspecified atom stereocenters. The standard InChI is InChI=1S/C21H13ClF2N2S/c22-15-7-9-16(10-8-15)25-21-26-19(14-6-11-17(23)18(24)12-14)20(27-21)13-4-2-1-3-5-13/h1-12H,(H,25,26). The van der Waals surface area contributed by atoms with Crippen molar-refractivity contribution in [3.8, 4) is 21.7 Å². The molecule has 4 rings (SSSR count). The Labute approximate surface area is 164 Å². The predicted octanol–water partition coefficient (Wildman–Crippen LogP) is 7.15. The molecule has 0 aliphatic heterocycles. The smallest absolute Gasteiger partial charge is 0.188 e. The minimum atomic E-state index is -0.897. The Morgan fingerprint density at radius 2 is 1.56 bits per heavy atom. The zero-order valence-corrected chi connectivity index (χ0v) is 15.5. The van der Waals surface area contributed by atoms with Crippen molar-refractivity contribution in [1.82, 2.24) is 4.98 Å². The van der Waals surface area contributed by atoms with Gasteiger partial charge in [0.15, 0.2) is 16.8 Å². The van der Waals surface area contributed by atoms with Crippen molar-refractivity contribution >= 4 is 33.8 Å². The number of nitrogens with one attached hydrogen (secondary N) is 1. The first-order valence-corrected chi connectivity index (χ1v) is 9.34. The van der Waals surface area contributed by atoms with Gasteiger partial charge in [-0.15, -0.1) is 0 Å². The highest BCUT2D eigenvalue weighted by Crippen LogP contribution is 2.40. The van der Waals surface area contributed by atoms with E-state index in [-0.39, 0.29) is 0 Å². The van der Waals surface area contributed by atoms with Crippen molar-refractivity contribution < 1.29 is 8.78 Å². The summed E-state index contributed by atoms with van der Waals surface area (Å²) in [5.41, 5.74) is 2.92. The van der Waals surface area contributed by atoms with E-state index in [0.717, 1.165) is 22.2 Å². The Hall–Kier alpha value is -2.76. The van der Waals surface area contributed by atoms with Crippen LogP contribution in [0.15, 0.2) is 72.8 Å². The highest BCUT2D eigenvalue weighted by molar-refractivity contribution is 7.19. The predicted molar refractivity (Wildman–Crippen MR) is 108 cm³/mol. The van der Waals surface area contributed by atoms with E-state index in [1.165, 1.54) is 23.5 Å². The molecule has 0 radical (unpaired) electrons. The topological polar surface area (TPSA) is 24.9 Å². The van der Waals surface area contributed by atoms with Crippen molar-refractivity contribution in [1.29, 1.82) is 0 Å². The normalized spacial score (nSPS) is 10.8. The molecule has 0 aliphatic carbocycles. The molecule has 0 amide bonds. The lowest BCUT2D eigenvalue weighted by Gasteiger charge is -2.03. The summed E-state index contributed by atoms with van der Waals surface area (Å²) in [5.74, 6) is -1.78. The molecule has 0 aliphatic rings. The van der Waals surface area contributed by atoms with E-state index in [0.29, 0.717) is 21.4 Å².